The Morgan fingerprint density at radius 1 is 1.08 bits per heavy atom. The fourth-order valence-corrected chi connectivity index (χ4v) is 7.78. The Labute approximate surface area is 153 Å². The summed E-state index contributed by atoms with van der Waals surface area (Å²) in [5, 5.41) is 10.7. The van der Waals surface area contributed by atoms with E-state index in [1.807, 2.05) is 13.8 Å². The molecule has 3 saturated carbocycles. The van der Waals surface area contributed by atoms with Crippen LogP contribution in [0.3, 0.4) is 0 Å². The number of rotatable bonds is 1. The largest absolute Gasteiger partial charge is 0.390 e. The number of carbonyl (C=O) groups excluding carboxylic acids is 1. The van der Waals surface area contributed by atoms with E-state index in [1.165, 1.54) is 32.1 Å². The standard InChI is InChI=1S/C23H36O2/c1-15(24)18-8-9-19-17-7-6-16-14-21(2,25)11-5-12-22(16,3)20(17)10-13-23(18,19)4/h6,17-20,25H,5,7-14H2,1-4H3/t17-,18+,19-,20-,21-,22-,23+/m0/s1. The molecule has 0 bridgehead atoms. The molecule has 3 fully saturated rings. The van der Waals surface area contributed by atoms with Gasteiger partial charge in [-0.15, -0.1) is 0 Å². The molecule has 0 heterocycles. The second-order valence-corrected chi connectivity index (χ2v) is 10.6. The van der Waals surface area contributed by atoms with Crippen molar-refractivity contribution in [2.75, 3.05) is 0 Å². The number of fused-ring (bicyclic) bond motifs is 5. The van der Waals surface area contributed by atoms with Crippen molar-refractivity contribution in [3.8, 4) is 0 Å². The van der Waals surface area contributed by atoms with Crippen molar-refractivity contribution in [3.05, 3.63) is 11.6 Å². The topological polar surface area (TPSA) is 37.3 Å². The average molecular weight is 345 g/mol. The Kier molecular flexibility index (Phi) is 4.04. The number of aliphatic hydroxyl groups is 1. The molecule has 4 aliphatic carbocycles. The SMILES string of the molecule is CC(=O)[C@H]1CC[C@H]2[C@@H]3CC=C4C[C@@](C)(O)CCC[C@]4(C)[C@H]3CC[C@]12C. The summed E-state index contributed by atoms with van der Waals surface area (Å²) in [7, 11) is 0. The summed E-state index contributed by atoms with van der Waals surface area (Å²) in [5.74, 6) is 2.95. The van der Waals surface area contributed by atoms with Crippen LogP contribution in [0, 0.1) is 34.5 Å². The first kappa shape index (κ1) is 17.8. The summed E-state index contributed by atoms with van der Waals surface area (Å²) >= 11 is 0. The molecule has 0 aromatic heterocycles. The lowest BCUT2D eigenvalue weighted by molar-refractivity contribution is -0.127. The van der Waals surface area contributed by atoms with Crippen molar-refractivity contribution in [3.63, 3.8) is 0 Å². The van der Waals surface area contributed by atoms with Crippen LogP contribution in [0.4, 0.5) is 0 Å². The molecule has 7 atom stereocenters. The van der Waals surface area contributed by atoms with Crippen LogP contribution in [0.5, 0.6) is 0 Å². The summed E-state index contributed by atoms with van der Waals surface area (Å²) in [6.07, 6.45) is 12.7. The Morgan fingerprint density at radius 2 is 1.84 bits per heavy atom. The van der Waals surface area contributed by atoms with E-state index in [-0.39, 0.29) is 10.8 Å². The zero-order chi connectivity index (χ0) is 18.0. The predicted molar refractivity (Wildman–Crippen MR) is 101 cm³/mol. The van der Waals surface area contributed by atoms with Gasteiger partial charge in [-0.05, 0) is 100 Å². The minimum atomic E-state index is -0.521. The Bertz CT molecular complexity index is 603. The molecule has 25 heavy (non-hydrogen) atoms. The fraction of sp³-hybridized carbons (Fsp3) is 0.870. The van der Waals surface area contributed by atoms with Crippen molar-refractivity contribution in [2.45, 2.75) is 91.1 Å². The number of Topliss-reactive ketones (excluding diaryl/α,β-unsaturated/α-hetero) is 1. The molecule has 0 aromatic carbocycles. The minimum Gasteiger partial charge on any atom is -0.390 e. The summed E-state index contributed by atoms with van der Waals surface area (Å²) in [6.45, 7) is 8.76. The van der Waals surface area contributed by atoms with Crippen LogP contribution in [-0.4, -0.2) is 16.5 Å². The minimum absolute atomic E-state index is 0.241. The van der Waals surface area contributed by atoms with Gasteiger partial charge in [0.1, 0.15) is 5.78 Å². The molecular formula is C23H36O2. The van der Waals surface area contributed by atoms with Gasteiger partial charge in [0.25, 0.3) is 0 Å². The van der Waals surface area contributed by atoms with Crippen molar-refractivity contribution in [1.82, 2.24) is 0 Å². The van der Waals surface area contributed by atoms with E-state index >= 15 is 0 Å². The number of hydrogen-bond donors (Lipinski definition) is 1. The maximum Gasteiger partial charge on any atom is 0.133 e. The normalized spacial score (nSPS) is 52.4. The molecule has 140 valence electrons. The van der Waals surface area contributed by atoms with E-state index in [0.29, 0.717) is 11.7 Å². The smallest absolute Gasteiger partial charge is 0.133 e. The molecule has 1 N–H and O–H groups in total. The van der Waals surface area contributed by atoms with Gasteiger partial charge >= 0.3 is 0 Å². The van der Waals surface area contributed by atoms with Gasteiger partial charge in [-0.3, -0.25) is 4.79 Å². The maximum absolute atomic E-state index is 12.2. The molecule has 2 nitrogen and oxygen atoms in total. The van der Waals surface area contributed by atoms with Gasteiger partial charge in [0.15, 0.2) is 0 Å². The molecule has 4 aliphatic rings. The molecule has 0 saturated heterocycles. The van der Waals surface area contributed by atoms with E-state index < -0.39 is 5.60 Å². The third-order valence-corrected chi connectivity index (χ3v) is 9.10. The van der Waals surface area contributed by atoms with Gasteiger partial charge in [-0.2, -0.15) is 0 Å². The summed E-state index contributed by atoms with van der Waals surface area (Å²) in [5.41, 5.74) is 1.54. The molecule has 0 amide bonds. The highest BCUT2D eigenvalue weighted by Gasteiger charge is 2.59. The lowest BCUT2D eigenvalue weighted by Gasteiger charge is -2.56. The Hall–Kier alpha value is -0.630. The zero-order valence-electron chi connectivity index (χ0n) is 16.6. The molecule has 2 heteroatoms. The van der Waals surface area contributed by atoms with Gasteiger partial charge in [-0.25, -0.2) is 0 Å². The first-order valence-corrected chi connectivity index (χ1v) is 10.6. The highest BCUT2D eigenvalue weighted by molar-refractivity contribution is 5.79. The van der Waals surface area contributed by atoms with Crippen LogP contribution in [0.2, 0.25) is 0 Å². The Balaban J connectivity index is 1.67. The first-order chi connectivity index (χ1) is 11.7. The molecule has 0 radical (unpaired) electrons. The van der Waals surface area contributed by atoms with Gasteiger partial charge in [0, 0.05) is 5.92 Å². The van der Waals surface area contributed by atoms with Crippen molar-refractivity contribution in [1.29, 1.82) is 0 Å². The van der Waals surface area contributed by atoms with Crippen molar-refractivity contribution < 1.29 is 9.90 Å². The zero-order valence-corrected chi connectivity index (χ0v) is 16.6. The second kappa shape index (κ2) is 5.68. The van der Waals surface area contributed by atoms with E-state index in [1.54, 1.807) is 5.57 Å². The van der Waals surface area contributed by atoms with Crippen LogP contribution >= 0.6 is 0 Å². The quantitative estimate of drug-likeness (QED) is 0.656. The second-order valence-electron chi connectivity index (χ2n) is 10.6. The first-order valence-electron chi connectivity index (χ1n) is 10.6. The fourth-order valence-electron chi connectivity index (χ4n) is 7.78. The Morgan fingerprint density at radius 3 is 2.56 bits per heavy atom. The molecule has 0 aliphatic heterocycles. The lowest BCUT2D eigenvalue weighted by atomic mass is 9.48. The van der Waals surface area contributed by atoms with Gasteiger partial charge in [0.05, 0.1) is 5.60 Å². The third kappa shape index (κ3) is 2.58. The van der Waals surface area contributed by atoms with Crippen LogP contribution in [0.1, 0.15) is 85.5 Å². The molecule has 4 rings (SSSR count). The molecular weight excluding hydrogens is 308 g/mol. The third-order valence-electron chi connectivity index (χ3n) is 9.10. The maximum atomic E-state index is 12.2. The number of allylic oxidation sites excluding steroid dienone is 1. The van der Waals surface area contributed by atoms with Gasteiger partial charge in [0.2, 0.25) is 0 Å². The monoisotopic (exact) mass is 344 g/mol. The van der Waals surface area contributed by atoms with E-state index in [2.05, 4.69) is 19.9 Å². The van der Waals surface area contributed by atoms with Crippen LogP contribution in [-0.2, 0) is 4.79 Å². The molecule has 0 aromatic rings. The predicted octanol–water partition coefficient (Wildman–Crippen LogP) is 5.30. The highest BCUT2D eigenvalue weighted by atomic mass is 16.3. The summed E-state index contributed by atoms with van der Waals surface area (Å²) in [6, 6.07) is 0. The molecule has 0 spiro atoms. The summed E-state index contributed by atoms with van der Waals surface area (Å²) in [4.78, 5) is 12.2. The van der Waals surface area contributed by atoms with Crippen molar-refractivity contribution >= 4 is 5.78 Å². The number of ketones is 1. The van der Waals surface area contributed by atoms with Crippen LogP contribution in [0.25, 0.3) is 0 Å². The number of hydrogen-bond acceptors (Lipinski definition) is 2. The average Bonchev–Trinajstić information content (AvgIpc) is 2.81. The lowest BCUT2D eigenvalue weighted by Crippen LogP contribution is -2.49. The summed E-state index contributed by atoms with van der Waals surface area (Å²) < 4.78 is 0. The number of carbonyl (C=O) groups is 1. The van der Waals surface area contributed by atoms with Gasteiger partial charge < -0.3 is 5.11 Å². The van der Waals surface area contributed by atoms with E-state index in [9.17, 15) is 9.90 Å². The van der Waals surface area contributed by atoms with E-state index in [4.69, 9.17) is 0 Å². The molecule has 0 unspecified atom stereocenters. The van der Waals surface area contributed by atoms with Crippen LogP contribution in [0.15, 0.2) is 11.6 Å². The van der Waals surface area contributed by atoms with Crippen molar-refractivity contribution in [2.24, 2.45) is 34.5 Å². The van der Waals surface area contributed by atoms with E-state index in [0.717, 1.165) is 43.4 Å². The highest BCUT2D eigenvalue weighted by Crippen LogP contribution is 2.66. The van der Waals surface area contributed by atoms with Gasteiger partial charge in [-0.1, -0.05) is 25.5 Å². The van der Waals surface area contributed by atoms with Crippen LogP contribution < -0.4 is 0 Å².